The molecule has 0 amide bonds. The molecule has 2 aromatic rings. The first-order chi connectivity index (χ1) is 8.75. The minimum atomic E-state index is 0.632. The van der Waals surface area contributed by atoms with Crippen molar-refractivity contribution < 1.29 is 4.74 Å². The maximum Gasteiger partial charge on any atom is 0.228 e. The minimum absolute atomic E-state index is 0.632. The number of ether oxygens (including phenoxy) is 1. The fourth-order valence-corrected chi connectivity index (χ4v) is 2.60. The summed E-state index contributed by atoms with van der Waals surface area (Å²) in [5.41, 5.74) is 1.27. The molecule has 0 aliphatic rings. The number of pyridine rings is 2. The van der Waals surface area contributed by atoms with Crippen LogP contribution in [0.5, 0.6) is 5.88 Å². The van der Waals surface area contributed by atoms with Crippen LogP contribution in [-0.2, 0) is 6.42 Å². The highest BCUT2D eigenvalue weighted by atomic mass is 79.9. The van der Waals surface area contributed by atoms with E-state index in [9.17, 15) is 0 Å². The van der Waals surface area contributed by atoms with Crippen molar-refractivity contribution in [3.05, 3.63) is 51.3 Å². The number of hydrogen-bond acceptors (Lipinski definition) is 3. The van der Waals surface area contributed by atoms with Gasteiger partial charge in [0.15, 0.2) is 0 Å². The number of halogens is 2. The first kappa shape index (κ1) is 13.5. The van der Waals surface area contributed by atoms with Gasteiger partial charge in [-0.3, -0.25) is 4.98 Å². The average molecular weight is 372 g/mol. The van der Waals surface area contributed by atoms with Crippen LogP contribution in [0, 0.1) is 0 Å². The standard InChI is InChI=1S/C13H12Br2N2O/c14-11-8-12(15)13(17-9-11)18-7-1-2-10-3-5-16-6-4-10/h3-6,8-9H,1-2,7H2. The third kappa shape index (κ3) is 4.07. The Morgan fingerprint density at radius 1 is 1.17 bits per heavy atom. The SMILES string of the molecule is Brc1cnc(OCCCc2ccncc2)c(Br)c1. The lowest BCUT2D eigenvalue weighted by Crippen LogP contribution is -2.01. The zero-order chi connectivity index (χ0) is 12.8. The first-order valence-electron chi connectivity index (χ1n) is 5.58. The third-order valence-corrected chi connectivity index (χ3v) is 3.37. The molecule has 5 heteroatoms. The molecule has 0 N–H and O–H groups in total. The largest absolute Gasteiger partial charge is 0.477 e. The van der Waals surface area contributed by atoms with Crippen LogP contribution in [-0.4, -0.2) is 16.6 Å². The molecule has 0 unspecified atom stereocenters. The Morgan fingerprint density at radius 3 is 2.67 bits per heavy atom. The fraction of sp³-hybridized carbons (Fsp3) is 0.231. The van der Waals surface area contributed by atoms with Gasteiger partial charge >= 0.3 is 0 Å². The number of hydrogen-bond donors (Lipinski definition) is 0. The van der Waals surface area contributed by atoms with E-state index in [0.29, 0.717) is 12.5 Å². The molecule has 0 saturated carbocycles. The predicted molar refractivity (Wildman–Crippen MR) is 77.7 cm³/mol. The van der Waals surface area contributed by atoms with Crippen LogP contribution in [0.2, 0.25) is 0 Å². The van der Waals surface area contributed by atoms with Crippen molar-refractivity contribution in [1.82, 2.24) is 9.97 Å². The minimum Gasteiger partial charge on any atom is -0.477 e. The number of aryl methyl sites for hydroxylation is 1. The summed E-state index contributed by atoms with van der Waals surface area (Å²) in [4.78, 5) is 8.19. The van der Waals surface area contributed by atoms with Crippen molar-refractivity contribution in [3.8, 4) is 5.88 Å². The highest BCUT2D eigenvalue weighted by Gasteiger charge is 2.03. The van der Waals surface area contributed by atoms with Crippen LogP contribution in [0.1, 0.15) is 12.0 Å². The third-order valence-electron chi connectivity index (χ3n) is 2.37. The van der Waals surface area contributed by atoms with Gasteiger partial charge < -0.3 is 4.74 Å². The van der Waals surface area contributed by atoms with E-state index in [1.54, 1.807) is 6.20 Å². The molecule has 0 fully saturated rings. The van der Waals surface area contributed by atoms with Crippen molar-refractivity contribution in [2.75, 3.05) is 6.61 Å². The normalized spacial score (nSPS) is 10.3. The van der Waals surface area contributed by atoms with Crippen LogP contribution in [0.3, 0.4) is 0 Å². The lowest BCUT2D eigenvalue weighted by molar-refractivity contribution is 0.297. The summed E-state index contributed by atoms with van der Waals surface area (Å²) in [7, 11) is 0. The fourth-order valence-electron chi connectivity index (χ4n) is 1.50. The molecule has 0 saturated heterocycles. The molecule has 2 heterocycles. The molecule has 2 rings (SSSR count). The van der Waals surface area contributed by atoms with E-state index in [2.05, 4.69) is 41.8 Å². The highest BCUT2D eigenvalue weighted by Crippen LogP contribution is 2.25. The lowest BCUT2D eigenvalue weighted by atomic mass is 10.1. The summed E-state index contributed by atoms with van der Waals surface area (Å²) in [5, 5.41) is 0. The van der Waals surface area contributed by atoms with Crippen LogP contribution in [0.4, 0.5) is 0 Å². The van der Waals surface area contributed by atoms with Gasteiger partial charge in [0, 0.05) is 23.1 Å². The summed E-state index contributed by atoms with van der Waals surface area (Å²) in [6, 6.07) is 5.97. The van der Waals surface area contributed by atoms with E-state index in [4.69, 9.17) is 4.74 Å². The van der Waals surface area contributed by atoms with Crippen molar-refractivity contribution in [3.63, 3.8) is 0 Å². The van der Waals surface area contributed by atoms with E-state index >= 15 is 0 Å². The summed E-state index contributed by atoms with van der Waals surface area (Å²) in [6.45, 7) is 0.648. The van der Waals surface area contributed by atoms with Crippen molar-refractivity contribution in [2.45, 2.75) is 12.8 Å². The van der Waals surface area contributed by atoms with Gasteiger partial charge in [-0.2, -0.15) is 0 Å². The van der Waals surface area contributed by atoms with Crippen molar-refractivity contribution in [1.29, 1.82) is 0 Å². The topological polar surface area (TPSA) is 35.0 Å². The molecule has 0 spiro atoms. The van der Waals surface area contributed by atoms with Crippen LogP contribution < -0.4 is 4.74 Å². The average Bonchev–Trinajstić information content (AvgIpc) is 2.38. The van der Waals surface area contributed by atoms with Crippen molar-refractivity contribution in [2.24, 2.45) is 0 Å². The second-order valence-corrected chi connectivity index (χ2v) is 5.52. The van der Waals surface area contributed by atoms with Gasteiger partial charge in [-0.15, -0.1) is 0 Å². The van der Waals surface area contributed by atoms with E-state index in [1.807, 2.05) is 30.6 Å². The predicted octanol–water partition coefficient (Wildman–Crippen LogP) is 4.01. The van der Waals surface area contributed by atoms with Crippen LogP contribution >= 0.6 is 31.9 Å². The Kier molecular flexibility index (Phi) is 5.13. The maximum absolute atomic E-state index is 5.62. The smallest absolute Gasteiger partial charge is 0.228 e. The summed E-state index contributed by atoms with van der Waals surface area (Å²) < 4.78 is 7.41. The number of rotatable bonds is 5. The van der Waals surface area contributed by atoms with Gasteiger partial charge in [0.05, 0.1) is 11.1 Å². The molecular formula is C13H12Br2N2O. The Hall–Kier alpha value is -0.940. The lowest BCUT2D eigenvalue weighted by Gasteiger charge is -2.07. The monoisotopic (exact) mass is 370 g/mol. The first-order valence-corrected chi connectivity index (χ1v) is 7.17. The molecule has 0 aliphatic carbocycles. The maximum atomic E-state index is 5.62. The number of nitrogens with zero attached hydrogens (tertiary/aromatic N) is 2. The van der Waals surface area contributed by atoms with Gasteiger partial charge in [0.2, 0.25) is 5.88 Å². The van der Waals surface area contributed by atoms with Crippen LogP contribution in [0.25, 0.3) is 0 Å². The van der Waals surface area contributed by atoms with Gasteiger partial charge in [-0.05, 0) is 68.5 Å². The Labute approximate surface area is 123 Å². The molecular weight excluding hydrogens is 360 g/mol. The van der Waals surface area contributed by atoms with Gasteiger partial charge in [-0.25, -0.2) is 4.98 Å². The van der Waals surface area contributed by atoms with Gasteiger partial charge in [0.25, 0.3) is 0 Å². The molecule has 94 valence electrons. The summed E-state index contributed by atoms with van der Waals surface area (Å²) >= 11 is 6.77. The molecule has 18 heavy (non-hydrogen) atoms. The quantitative estimate of drug-likeness (QED) is 0.744. The molecule has 0 aromatic carbocycles. The molecule has 0 radical (unpaired) electrons. The van der Waals surface area contributed by atoms with Gasteiger partial charge in [0.1, 0.15) is 0 Å². The zero-order valence-electron chi connectivity index (χ0n) is 9.64. The molecule has 3 nitrogen and oxygen atoms in total. The van der Waals surface area contributed by atoms with E-state index in [0.717, 1.165) is 21.8 Å². The van der Waals surface area contributed by atoms with E-state index in [-0.39, 0.29) is 0 Å². The summed E-state index contributed by atoms with van der Waals surface area (Å²) in [5.74, 6) is 0.632. The van der Waals surface area contributed by atoms with Gasteiger partial charge in [-0.1, -0.05) is 0 Å². The highest BCUT2D eigenvalue weighted by molar-refractivity contribution is 9.11. The van der Waals surface area contributed by atoms with E-state index < -0.39 is 0 Å². The second-order valence-electron chi connectivity index (χ2n) is 3.75. The summed E-state index contributed by atoms with van der Waals surface area (Å²) in [6.07, 6.45) is 7.28. The second kappa shape index (κ2) is 6.85. The Balaban J connectivity index is 1.79. The molecule has 0 bridgehead atoms. The van der Waals surface area contributed by atoms with E-state index in [1.165, 1.54) is 5.56 Å². The Bertz CT molecular complexity index is 506. The van der Waals surface area contributed by atoms with Crippen LogP contribution in [0.15, 0.2) is 45.7 Å². The molecule has 2 aromatic heterocycles. The number of aromatic nitrogens is 2. The van der Waals surface area contributed by atoms with Crippen molar-refractivity contribution >= 4 is 31.9 Å². The molecule has 0 aliphatic heterocycles. The zero-order valence-corrected chi connectivity index (χ0v) is 12.8. The Morgan fingerprint density at radius 2 is 1.94 bits per heavy atom. The molecule has 0 atom stereocenters.